The van der Waals surface area contributed by atoms with Gasteiger partial charge < -0.3 is 9.47 Å². The highest BCUT2D eigenvalue weighted by Gasteiger charge is 2.37. The van der Waals surface area contributed by atoms with Gasteiger partial charge in [-0.05, 0) is 40.0 Å². The van der Waals surface area contributed by atoms with Crippen LogP contribution in [-0.2, 0) is 24.8 Å². The van der Waals surface area contributed by atoms with E-state index in [4.69, 9.17) is 0 Å². The molecule has 2 aliphatic rings. The minimum Gasteiger partial charge on any atom is -0.335 e. The van der Waals surface area contributed by atoms with E-state index >= 15 is 0 Å². The fourth-order valence-electron chi connectivity index (χ4n) is 4.08. The molecule has 0 N–H and O–H groups in total. The Morgan fingerprint density at radius 1 is 1.30 bits per heavy atom. The molecule has 6 heteroatoms. The first-order valence-electron chi connectivity index (χ1n) is 8.49. The summed E-state index contributed by atoms with van der Waals surface area (Å²) in [7, 11) is 1.71. The maximum Gasteiger partial charge on any atom is 0.256 e. The topological polar surface area (TPSA) is 58.4 Å². The van der Waals surface area contributed by atoms with E-state index in [0.29, 0.717) is 31.6 Å². The monoisotopic (exact) mass is 318 g/mol. The molecule has 0 spiro atoms. The summed E-state index contributed by atoms with van der Waals surface area (Å²) < 4.78 is 1.51. The van der Waals surface area contributed by atoms with Crippen LogP contribution in [-0.4, -0.2) is 49.9 Å². The highest BCUT2D eigenvalue weighted by Crippen LogP contribution is 2.27. The second-order valence-corrected chi connectivity index (χ2v) is 6.99. The fraction of sp³-hybridized carbons (Fsp3) is 0.706. The van der Waals surface area contributed by atoms with Crippen LogP contribution in [0.25, 0.3) is 0 Å². The van der Waals surface area contributed by atoms with Crippen molar-refractivity contribution in [2.45, 2.75) is 64.7 Å². The van der Waals surface area contributed by atoms with Crippen molar-refractivity contribution in [3.8, 4) is 0 Å². The van der Waals surface area contributed by atoms with Crippen molar-refractivity contribution in [1.82, 2.24) is 19.4 Å². The first kappa shape index (κ1) is 16.2. The standard InChI is InChI=1S/C17H26N4O2/c1-11-5-6-12(2)21(11)13(3)16(22)20-8-7-14-15(9-20)18-10-19(4)17(14)23/h10-13H,5-9H2,1-4H3. The molecular weight excluding hydrogens is 292 g/mol. The smallest absolute Gasteiger partial charge is 0.256 e. The Hall–Kier alpha value is -1.69. The van der Waals surface area contributed by atoms with Gasteiger partial charge in [0.25, 0.3) is 5.56 Å². The van der Waals surface area contributed by atoms with E-state index in [9.17, 15) is 9.59 Å². The highest BCUT2D eigenvalue weighted by atomic mass is 16.2. The molecule has 1 aromatic heterocycles. The molecule has 0 aliphatic carbocycles. The van der Waals surface area contributed by atoms with Gasteiger partial charge in [0.2, 0.25) is 5.91 Å². The molecule has 1 saturated heterocycles. The second-order valence-electron chi connectivity index (χ2n) is 6.99. The lowest BCUT2D eigenvalue weighted by Gasteiger charge is -2.36. The zero-order chi connectivity index (χ0) is 16.7. The van der Waals surface area contributed by atoms with Crippen molar-refractivity contribution in [2.75, 3.05) is 6.54 Å². The third-order valence-corrected chi connectivity index (χ3v) is 5.42. The number of hydrogen-bond acceptors (Lipinski definition) is 4. The molecule has 3 heterocycles. The summed E-state index contributed by atoms with van der Waals surface area (Å²) in [5.74, 6) is 0.152. The van der Waals surface area contributed by atoms with Gasteiger partial charge in [-0.15, -0.1) is 0 Å². The predicted octanol–water partition coefficient (Wildman–Crippen LogP) is 0.926. The quantitative estimate of drug-likeness (QED) is 0.814. The van der Waals surface area contributed by atoms with Crippen LogP contribution >= 0.6 is 0 Å². The molecule has 3 rings (SSSR count). The number of fused-ring (bicyclic) bond motifs is 1. The average molecular weight is 318 g/mol. The van der Waals surface area contributed by atoms with Crippen molar-refractivity contribution < 1.29 is 4.79 Å². The van der Waals surface area contributed by atoms with Crippen LogP contribution in [0.2, 0.25) is 0 Å². The lowest BCUT2D eigenvalue weighted by Crippen LogP contribution is -2.52. The summed E-state index contributed by atoms with van der Waals surface area (Å²) in [5.41, 5.74) is 1.52. The summed E-state index contributed by atoms with van der Waals surface area (Å²) in [6.07, 6.45) is 4.45. The van der Waals surface area contributed by atoms with Crippen LogP contribution in [0.4, 0.5) is 0 Å². The summed E-state index contributed by atoms with van der Waals surface area (Å²) in [6.45, 7) is 7.46. The summed E-state index contributed by atoms with van der Waals surface area (Å²) in [5, 5.41) is 0. The molecule has 1 fully saturated rings. The van der Waals surface area contributed by atoms with Crippen LogP contribution in [0.1, 0.15) is 44.9 Å². The van der Waals surface area contributed by atoms with Crippen LogP contribution in [0.3, 0.4) is 0 Å². The highest BCUT2D eigenvalue weighted by molar-refractivity contribution is 5.81. The predicted molar refractivity (Wildman–Crippen MR) is 88.1 cm³/mol. The van der Waals surface area contributed by atoms with E-state index in [2.05, 4.69) is 23.7 Å². The van der Waals surface area contributed by atoms with Crippen LogP contribution in [0, 0.1) is 0 Å². The molecule has 0 aromatic carbocycles. The summed E-state index contributed by atoms with van der Waals surface area (Å²) in [6, 6.07) is 0.786. The van der Waals surface area contributed by atoms with E-state index in [-0.39, 0.29) is 17.5 Å². The van der Waals surface area contributed by atoms with Gasteiger partial charge >= 0.3 is 0 Å². The zero-order valence-corrected chi connectivity index (χ0v) is 14.5. The number of hydrogen-bond donors (Lipinski definition) is 0. The van der Waals surface area contributed by atoms with Crippen LogP contribution in [0.15, 0.2) is 11.1 Å². The molecule has 0 radical (unpaired) electrons. The maximum atomic E-state index is 12.9. The molecule has 2 aliphatic heterocycles. The number of amides is 1. The van der Waals surface area contributed by atoms with Crippen molar-refractivity contribution >= 4 is 5.91 Å². The van der Waals surface area contributed by atoms with E-state index in [0.717, 1.165) is 24.1 Å². The first-order chi connectivity index (χ1) is 10.9. The van der Waals surface area contributed by atoms with Gasteiger partial charge in [0.05, 0.1) is 24.6 Å². The van der Waals surface area contributed by atoms with Crippen LogP contribution < -0.4 is 5.56 Å². The number of likely N-dealkylation sites (tertiary alicyclic amines) is 1. The molecule has 6 nitrogen and oxygen atoms in total. The van der Waals surface area contributed by atoms with E-state index < -0.39 is 0 Å². The van der Waals surface area contributed by atoms with Gasteiger partial charge in [0.15, 0.2) is 0 Å². The summed E-state index contributed by atoms with van der Waals surface area (Å²) >= 11 is 0. The van der Waals surface area contributed by atoms with E-state index in [1.807, 2.05) is 11.8 Å². The molecule has 1 amide bonds. The Morgan fingerprint density at radius 3 is 2.61 bits per heavy atom. The number of carbonyl (C=O) groups excluding carboxylic acids is 1. The third kappa shape index (κ3) is 2.80. The largest absolute Gasteiger partial charge is 0.335 e. The Morgan fingerprint density at radius 2 is 1.96 bits per heavy atom. The van der Waals surface area contributed by atoms with Crippen molar-refractivity contribution in [3.05, 3.63) is 27.9 Å². The molecule has 23 heavy (non-hydrogen) atoms. The van der Waals surface area contributed by atoms with Gasteiger partial charge in [0.1, 0.15) is 0 Å². The second kappa shape index (κ2) is 6.07. The number of aryl methyl sites for hydroxylation is 1. The van der Waals surface area contributed by atoms with Gasteiger partial charge in [-0.25, -0.2) is 4.98 Å². The molecule has 3 unspecified atom stereocenters. The average Bonchev–Trinajstić information content (AvgIpc) is 2.88. The summed E-state index contributed by atoms with van der Waals surface area (Å²) in [4.78, 5) is 33.6. The lowest BCUT2D eigenvalue weighted by atomic mass is 10.1. The minimum absolute atomic E-state index is 0.0111. The maximum absolute atomic E-state index is 12.9. The number of rotatable bonds is 2. The van der Waals surface area contributed by atoms with Gasteiger partial charge in [-0.1, -0.05) is 0 Å². The van der Waals surface area contributed by atoms with Gasteiger partial charge in [-0.3, -0.25) is 14.5 Å². The van der Waals surface area contributed by atoms with Crippen molar-refractivity contribution in [2.24, 2.45) is 7.05 Å². The van der Waals surface area contributed by atoms with Gasteiger partial charge in [0, 0.05) is 31.2 Å². The Balaban J connectivity index is 1.77. The molecule has 1 aromatic rings. The number of carbonyl (C=O) groups is 1. The zero-order valence-electron chi connectivity index (χ0n) is 14.5. The molecule has 0 saturated carbocycles. The minimum atomic E-state index is -0.115. The van der Waals surface area contributed by atoms with Gasteiger partial charge in [-0.2, -0.15) is 0 Å². The molecule has 126 valence electrons. The molecule has 0 bridgehead atoms. The third-order valence-electron chi connectivity index (χ3n) is 5.42. The normalized spacial score (nSPS) is 26.2. The SMILES string of the molecule is CC1CCC(C)N1C(C)C(=O)N1CCc2c(ncn(C)c2=O)C1. The van der Waals surface area contributed by atoms with Crippen LogP contribution in [0.5, 0.6) is 0 Å². The van der Waals surface area contributed by atoms with Crippen molar-refractivity contribution in [3.63, 3.8) is 0 Å². The lowest BCUT2D eigenvalue weighted by molar-refractivity contribution is -0.138. The Labute approximate surface area is 137 Å². The van der Waals surface area contributed by atoms with Crippen molar-refractivity contribution in [1.29, 1.82) is 0 Å². The van der Waals surface area contributed by atoms with E-state index in [1.54, 1.807) is 13.4 Å². The number of aromatic nitrogens is 2. The first-order valence-corrected chi connectivity index (χ1v) is 8.49. The Kier molecular flexibility index (Phi) is 4.27. The Bertz CT molecular complexity index is 659. The van der Waals surface area contributed by atoms with E-state index in [1.165, 1.54) is 4.57 Å². The molecular formula is C17H26N4O2. The fourth-order valence-corrected chi connectivity index (χ4v) is 4.08. The number of nitrogens with zero attached hydrogens (tertiary/aromatic N) is 4. The molecule has 3 atom stereocenters.